The van der Waals surface area contributed by atoms with E-state index in [1.165, 1.54) is 4.90 Å². The van der Waals surface area contributed by atoms with Crippen LogP contribution < -0.4 is 4.72 Å². The number of thioether (sulfide) groups is 1. The molecule has 0 bridgehead atoms. The van der Waals surface area contributed by atoms with Crippen LogP contribution in [0.2, 0.25) is 0 Å². The number of carbonyl (C=O) groups is 1. The normalized spacial score (nSPS) is 11.2. The van der Waals surface area contributed by atoms with Crippen LogP contribution in [0.1, 0.15) is 21.5 Å². The van der Waals surface area contributed by atoms with Crippen LogP contribution in [-0.4, -0.2) is 38.8 Å². The number of hydrogen-bond donors (Lipinski definition) is 1. The zero-order chi connectivity index (χ0) is 18.6. The van der Waals surface area contributed by atoms with Gasteiger partial charge >= 0.3 is 0 Å². The maximum absolute atomic E-state index is 12.6. The molecule has 5 nitrogen and oxygen atoms in total. The number of carbonyl (C=O) groups excluding carboxylic acids is 1. The number of benzene rings is 2. The van der Waals surface area contributed by atoms with E-state index in [0.29, 0.717) is 17.8 Å². The zero-order valence-corrected chi connectivity index (χ0v) is 16.4. The Balaban J connectivity index is 2.16. The molecule has 0 unspecified atom stereocenters. The van der Waals surface area contributed by atoms with Crippen LogP contribution in [-0.2, 0) is 16.6 Å². The molecule has 0 radical (unpaired) electrons. The van der Waals surface area contributed by atoms with Gasteiger partial charge < -0.3 is 4.90 Å². The molecular formula is C18H22N2O3S2. The van der Waals surface area contributed by atoms with Crippen molar-refractivity contribution in [1.82, 2.24) is 4.90 Å². The van der Waals surface area contributed by atoms with Crippen molar-refractivity contribution < 1.29 is 13.2 Å². The number of rotatable bonds is 6. The third-order valence-electron chi connectivity index (χ3n) is 3.71. The minimum Gasteiger partial charge on any atom is -0.337 e. The average molecular weight is 379 g/mol. The van der Waals surface area contributed by atoms with Crippen molar-refractivity contribution in [2.75, 3.05) is 24.3 Å². The largest absolute Gasteiger partial charge is 0.337 e. The molecule has 0 atom stereocenters. The van der Waals surface area contributed by atoms with E-state index in [2.05, 4.69) is 4.72 Å². The number of hydrogen-bond acceptors (Lipinski definition) is 4. The molecule has 0 aliphatic rings. The minimum absolute atomic E-state index is 0.162. The molecule has 7 heteroatoms. The Labute approximate surface area is 153 Å². The first kappa shape index (κ1) is 19.3. The topological polar surface area (TPSA) is 66.5 Å². The first-order valence-electron chi connectivity index (χ1n) is 7.66. The molecular weight excluding hydrogens is 356 g/mol. The Morgan fingerprint density at radius 3 is 2.36 bits per heavy atom. The summed E-state index contributed by atoms with van der Waals surface area (Å²) in [4.78, 5) is 15.4. The van der Waals surface area contributed by atoms with Gasteiger partial charge in [-0.1, -0.05) is 18.2 Å². The number of aryl methyl sites for hydroxylation is 1. The highest BCUT2D eigenvalue weighted by Crippen LogP contribution is 2.20. The third-order valence-corrected chi connectivity index (χ3v) is 5.04. The number of nitrogens with zero attached hydrogens (tertiary/aromatic N) is 1. The standard InChI is InChI=1S/C18H22N2O3S2/c1-13-5-8-15(11-17(13)19-25(4,22)23)18(21)20(2)12-14-6-9-16(24-3)10-7-14/h5-11,19H,12H2,1-4H3. The predicted octanol–water partition coefficient (Wildman–Crippen LogP) is 3.36. The highest BCUT2D eigenvalue weighted by atomic mass is 32.2. The number of sulfonamides is 1. The lowest BCUT2D eigenvalue weighted by molar-refractivity contribution is 0.0785. The summed E-state index contributed by atoms with van der Waals surface area (Å²) in [6, 6.07) is 13.1. The summed E-state index contributed by atoms with van der Waals surface area (Å²) >= 11 is 1.67. The Kier molecular flexibility index (Phi) is 6.13. The van der Waals surface area contributed by atoms with Gasteiger partial charge in [-0.3, -0.25) is 9.52 Å². The minimum atomic E-state index is -3.39. The highest BCUT2D eigenvalue weighted by Gasteiger charge is 2.15. The summed E-state index contributed by atoms with van der Waals surface area (Å²) in [5, 5.41) is 0. The second-order valence-corrected chi connectivity index (χ2v) is 8.54. The summed E-state index contributed by atoms with van der Waals surface area (Å²) < 4.78 is 25.4. The molecule has 0 aliphatic heterocycles. The van der Waals surface area contributed by atoms with Gasteiger partial charge in [0.2, 0.25) is 10.0 Å². The first-order chi connectivity index (χ1) is 11.7. The molecule has 0 heterocycles. The van der Waals surface area contributed by atoms with Crippen LogP contribution in [0.4, 0.5) is 5.69 Å². The Morgan fingerprint density at radius 2 is 1.80 bits per heavy atom. The molecule has 25 heavy (non-hydrogen) atoms. The fraction of sp³-hybridized carbons (Fsp3) is 0.278. The van der Waals surface area contributed by atoms with E-state index in [1.54, 1.807) is 48.8 Å². The van der Waals surface area contributed by atoms with Crippen molar-refractivity contribution in [3.05, 3.63) is 59.2 Å². The van der Waals surface area contributed by atoms with Crippen LogP contribution in [0.25, 0.3) is 0 Å². The molecule has 0 saturated carbocycles. The van der Waals surface area contributed by atoms with Crippen molar-refractivity contribution in [3.8, 4) is 0 Å². The van der Waals surface area contributed by atoms with Crippen LogP contribution in [0, 0.1) is 6.92 Å². The molecule has 2 aromatic rings. The van der Waals surface area contributed by atoms with Crippen molar-refractivity contribution >= 4 is 33.4 Å². The summed E-state index contributed by atoms with van der Waals surface area (Å²) in [5.41, 5.74) is 2.67. The van der Waals surface area contributed by atoms with E-state index in [0.717, 1.165) is 17.4 Å². The number of amides is 1. The molecule has 1 N–H and O–H groups in total. The molecule has 2 rings (SSSR count). The van der Waals surface area contributed by atoms with Gasteiger partial charge in [-0.05, 0) is 48.6 Å². The number of anilines is 1. The van der Waals surface area contributed by atoms with Gasteiger partial charge in [0.15, 0.2) is 0 Å². The fourth-order valence-electron chi connectivity index (χ4n) is 2.36. The lowest BCUT2D eigenvalue weighted by Gasteiger charge is -2.18. The zero-order valence-electron chi connectivity index (χ0n) is 14.7. The van der Waals surface area contributed by atoms with E-state index in [9.17, 15) is 13.2 Å². The smallest absolute Gasteiger partial charge is 0.253 e. The van der Waals surface area contributed by atoms with E-state index >= 15 is 0 Å². The maximum Gasteiger partial charge on any atom is 0.253 e. The molecule has 134 valence electrons. The predicted molar refractivity (Wildman–Crippen MR) is 104 cm³/mol. The average Bonchev–Trinajstić information content (AvgIpc) is 2.55. The third kappa shape index (κ3) is 5.51. The molecule has 0 aliphatic carbocycles. The van der Waals surface area contributed by atoms with Crippen LogP contribution >= 0.6 is 11.8 Å². The van der Waals surface area contributed by atoms with Gasteiger partial charge in [-0.15, -0.1) is 11.8 Å². The van der Waals surface area contributed by atoms with Gasteiger partial charge in [-0.2, -0.15) is 0 Å². The second-order valence-electron chi connectivity index (χ2n) is 5.91. The van der Waals surface area contributed by atoms with Crippen LogP contribution in [0.3, 0.4) is 0 Å². The monoisotopic (exact) mass is 378 g/mol. The maximum atomic E-state index is 12.6. The SMILES string of the molecule is CSc1ccc(CN(C)C(=O)c2ccc(C)c(NS(C)(=O)=O)c2)cc1. The van der Waals surface area contributed by atoms with Crippen LogP contribution in [0.15, 0.2) is 47.4 Å². The number of nitrogens with one attached hydrogen (secondary N) is 1. The lowest BCUT2D eigenvalue weighted by atomic mass is 10.1. The van der Waals surface area contributed by atoms with Crippen LogP contribution in [0.5, 0.6) is 0 Å². The summed E-state index contributed by atoms with van der Waals surface area (Å²) in [6.45, 7) is 2.27. The van der Waals surface area contributed by atoms with Gasteiger partial charge in [0.25, 0.3) is 5.91 Å². The molecule has 0 saturated heterocycles. The molecule has 0 spiro atoms. The van der Waals surface area contributed by atoms with Gasteiger partial charge in [0, 0.05) is 24.1 Å². The Morgan fingerprint density at radius 1 is 1.16 bits per heavy atom. The summed E-state index contributed by atoms with van der Waals surface area (Å²) in [6.07, 6.45) is 3.11. The van der Waals surface area contributed by atoms with E-state index in [4.69, 9.17) is 0 Å². The molecule has 1 amide bonds. The Bertz CT molecular complexity index is 862. The van der Waals surface area contributed by atoms with Crippen molar-refractivity contribution in [3.63, 3.8) is 0 Å². The van der Waals surface area contributed by atoms with Gasteiger partial charge in [0.05, 0.1) is 11.9 Å². The summed E-state index contributed by atoms with van der Waals surface area (Å²) in [7, 11) is -1.66. The highest BCUT2D eigenvalue weighted by molar-refractivity contribution is 7.98. The van der Waals surface area contributed by atoms with Gasteiger partial charge in [-0.25, -0.2) is 8.42 Å². The van der Waals surface area contributed by atoms with E-state index in [-0.39, 0.29) is 5.91 Å². The molecule has 0 fully saturated rings. The summed E-state index contributed by atoms with van der Waals surface area (Å²) in [5.74, 6) is -0.162. The van der Waals surface area contributed by atoms with E-state index in [1.807, 2.05) is 30.5 Å². The first-order valence-corrected chi connectivity index (χ1v) is 10.8. The molecule has 0 aromatic heterocycles. The second kappa shape index (κ2) is 7.93. The quantitative estimate of drug-likeness (QED) is 0.783. The van der Waals surface area contributed by atoms with Gasteiger partial charge in [0.1, 0.15) is 0 Å². The van der Waals surface area contributed by atoms with E-state index < -0.39 is 10.0 Å². The van der Waals surface area contributed by atoms with Crippen molar-refractivity contribution in [1.29, 1.82) is 0 Å². The lowest BCUT2D eigenvalue weighted by Crippen LogP contribution is -2.26. The fourth-order valence-corrected chi connectivity index (χ4v) is 3.39. The Hall–Kier alpha value is -1.99. The van der Waals surface area contributed by atoms with Crippen molar-refractivity contribution in [2.24, 2.45) is 0 Å². The molecule has 2 aromatic carbocycles. The van der Waals surface area contributed by atoms with Crippen molar-refractivity contribution in [2.45, 2.75) is 18.4 Å².